The average molecular weight is 455 g/mol. The Kier molecular flexibility index (Phi) is 5.91. The van der Waals surface area contributed by atoms with Gasteiger partial charge in [-0.25, -0.2) is 0 Å². The van der Waals surface area contributed by atoms with Gasteiger partial charge in [0.15, 0.2) is 11.5 Å². The van der Waals surface area contributed by atoms with Gasteiger partial charge >= 0.3 is 0 Å². The fourth-order valence-electron chi connectivity index (χ4n) is 3.46. The van der Waals surface area contributed by atoms with Crippen LogP contribution in [0.2, 0.25) is 0 Å². The van der Waals surface area contributed by atoms with E-state index in [0.717, 1.165) is 16.0 Å². The van der Waals surface area contributed by atoms with Crippen LogP contribution in [-0.2, 0) is 6.42 Å². The Bertz CT molecular complexity index is 1180. The quantitative estimate of drug-likeness (QED) is 0.563. The van der Waals surface area contributed by atoms with E-state index < -0.39 is 11.8 Å². The highest BCUT2D eigenvalue weighted by Gasteiger charge is 2.23. The molecule has 0 saturated carbocycles. The monoisotopic (exact) mass is 454 g/mol. The zero-order valence-corrected chi connectivity index (χ0v) is 18.6. The lowest BCUT2D eigenvalue weighted by atomic mass is 10.0. The SMILES string of the molecule is COc1cc(OC)cc(C(=O)Nc2sc(Cc3ccc4c(c3)OCO4)c(C)c2C(N)=O)c1. The van der Waals surface area contributed by atoms with E-state index in [2.05, 4.69) is 5.32 Å². The van der Waals surface area contributed by atoms with Crippen molar-refractivity contribution in [2.45, 2.75) is 13.3 Å². The summed E-state index contributed by atoms with van der Waals surface area (Å²) in [6.07, 6.45) is 0.552. The van der Waals surface area contributed by atoms with Crippen molar-refractivity contribution < 1.29 is 28.5 Å². The summed E-state index contributed by atoms with van der Waals surface area (Å²) < 4.78 is 21.3. The van der Waals surface area contributed by atoms with Crippen LogP contribution in [0.5, 0.6) is 23.0 Å². The van der Waals surface area contributed by atoms with Gasteiger partial charge in [-0.2, -0.15) is 0 Å². The average Bonchev–Trinajstić information content (AvgIpc) is 3.37. The minimum atomic E-state index is -0.603. The van der Waals surface area contributed by atoms with E-state index in [9.17, 15) is 9.59 Å². The van der Waals surface area contributed by atoms with Crippen LogP contribution >= 0.6 is 11.3 Å². The molecule has 2 amide bonds. The molecule has 3 N–H and O–H groups in total. The van der Waals surface area contributed by atoms with Gasteiger partial charge in [-0.1, -0.05) is 6.07 Å². The van der Waals surface area contributed by atoms with E-state index in [1.54, 1.807) is 18.2 Å². The maximum atomic E-state index is 12.9. The number of anilines is 1. The van der Waals surface area contributed by atoms with E-state index in [1.807, 2.05) is 25.1 Å². The number of thiophene rings is 1. The first-order valence-electron chi connectivity index (χ1n) is 9.74. The third-order valence-electron chi connectivity index (χ3n) is 5.13. The summed E-state index contributed by atoms with van der Waals surface area (Å²) in [5.41, 5.74) is 8.00. The van der Waals surface area contributed by atoms with Crippen LogP contribution in [0.25, 0.3) is 0 Å². The molecule has 0 unspecified atom stereocenters. The number of hydrogen-bond donors (Lipinski definition) is 2. The van der Waals surface area contributed by atoms with Crippen molar-refractivity contribution in [2.75, 3.05) is 26.3 Å². The molecule has 2 aromatic carbocycles. The van der Waals surface area contributed by atoms with Gasteiger partial charge in [0.25, 0.3) is 11.8 Å². The summed E-state index contributed by atoms with van der Waals surface area (Å²) in [6, 6.07) is 10.6. The van der Waals surface area contributed by atoms with E-state index in [4.69, 9.17) is 24.7 Å². The molecule has 0 aliphatic carbocycles. The molecule has 3 aromatic rings. The van der Waals surface area contributed by atoms with Gasteiger partial charge in [0.1, 0.15) is 16.5 Å². The maximum absolute atomic E-state index is 12.9. The first-order valence-corrected chi connectivity index (χ1v) is 10.6. The molecular formula is C23H22N2O6S. The van der Waals surface area contributed by atoms with Gasteiger partial charge in [-0.3, -0.25) is 9.59 Å². The van der Waals surface area contributed by atoms with Crippen LogP contribution in [0.15, 0.2) is 36.4 Å². The first-order chi connectivity index (χ1) is 15.4. The van der Waals surface area contributed by atoms with E-state index in [0.29, 0.717) is 45.5 Å². The molecule has 0 bridgehead atoms. The standard InChI is InChI=1S/C23H22N2O6S/c1-12-19(7-13-4-5-17-18(6-13)31-11-30-17)32-23(20(12)21(24)26)25-22(27)14-8-15(28-2)10-16(9-14)29-3/h4-6,8-10H,7,11H2,1-3H3,(H2,24,26)(H,25,27). The third kappa shape index (κ3) is 4.19. The first kappa shape index (κ1) is 21.5. The molecule has 0 saturated heterocycles. The smallest absolute Gasteiger partial charge is 0.256 e. The summed E-state index contributed by atoms with van der Waals surface area (Å²) >= 11 is 1.32. The van der Waals surface area contributed by atoms with Gasteiger partial charge < -0.3 is 30.0 Å². The molecule has 4 rings (SSSR count). The van der Waals surface area contributed by atoms with Gasteiger partial charge in [0.05, 0.1) is 19.8 Å². The highest BCUT2D eigenvalue weighted by atomic mass is 32.1. The summed E-state index contributed by atoms with van der Waals surface area (Å²) in [5.74, 6) is 1.35. The van der Waals surface area contributed by atoms with E-state index in [-0.39, 0.29) is 6.79 Å². The predicted molar refractivity (Wildman–Crippen MR) is 120 cm³/mol. The molecule has 1 aliphatic rings. The minimum absolute atomic E-state index is 0.202. The van der Waals surface area contributed by atoms with Crippen LogP contribution in [0.4, 0.5) is 5.00 Å². The molecule has 32 heavy (non-hydrogen) atoms. The number of nitrogens with one attached hydrogen (secondary N) is 1. The Morgan fingerprint density at radius 1 is 1.06 bits per heavy atom. The lowest BCUT2D eigenvalue weighted by molar-refractivity contribution is 0.100. The number of rotatable bonds is 7. The topological polar surface area (TPSA) is 109 Å². The Labute approximate surface area is 188 Å². The van der Waals surface area contributed by atoms with Crippen molar-refractivity contribution in [3.05, 3.63) is 63.5 Å². The lowest BCUT2D eigenvalue weighted by Gasteiger charge is -2.09. The van der Waals surface area contributed by atoms with Gasteiger partial charge in [-0.05, 0) is 42.3 Å². The van der Waals surface area contributed by atoms with Crippen molar-refractivity contribution in [3.8, 4) is 23.0 Å². The molecule has 166 valence electrons. The molecule has 0 atom stereocenters. The number of primary amides is 1. The molecule has 1 aliphatic heterocycles. The van der Waals surface area contributed by atoms with Gasteiger partial charge in [0.2, 0.25) is 6.79 Å². The summed E-state index contributed by atoms with van der Waals surface area (Å²) in [6.45, 7) is 2.02. The predicted octanol–water partition coefficient (Wildman–Crippen LogP) is 3.74. The molecule has 0 fully saturated rings. The summed E-state index contributed by atoms with van der Waals surface area (Å²) in [7, 11) is 3.01. The highest BCUT2D eigenvalue weighted by molar-refractivity contribution is 7.17. The number of benzene rings is 2. The molecular weight excluding hydrogens is 432 g/mol. The zero-order valence-electron chi connectivity index (χ0n) is 17.8. The van der Waals surface area contributed by atoms with Crippen LogP contribution in [0, 0.1) is 6.92 Å². The molecule has 0 radical (unpaired) electrons. The molecule has 9 heteroatoms. The van der Waals surface area contributed by atoms with Crippen molar-refractivity contribution in [2.24, 2.45) is 5.73 Å². The second-order valence-corrected chi connectivity index (χ2v) is 8.24. The highest BCUT2D eigenvalue weighted by Crippen LogP contribution is 2.37. The minimum Gasteiger partial charge on any atom is -0.497 e. The van der Waals surface area contributed by atoms with Crippen LogP contribution in [0.3, 0.4) is 0 Å². The van der Waals surface area contributed by atoms with E-state index >= 15 is 0 Å². The number of amides is 2. The number of carbonyl (C=O) groups excluding carboxylic acids is 2. The van der Waals surface area contributed by atoms with Gasteiger partial charge in [-0.15, -0.1) is 11.3 Å². The lowest BCUT2D eigenvalue weighted by Crippen LogP contribution is -2.17. The second kappa shape index (κ2) is 8.80. The van der Waals surface area contributed by atoms with Gasteiger partial charge in [0, 0.05) is 22.9 Å². The number of hydrogen-bond acceptors (Lipinski definition) is 7. The summed E-state index contributed by atoms with van der Waals surface area (Å²) in [4.78, 5) is 26.0. The number of nitrogens with two attached hydrogens (primary N) is 1. The van der Waals surface area contributed by atoms with Crippen LogP contribution in [0.1, 0.15) is 36.7 Å². The normalized spacial score (nSPS) is 11.8. The Morgan fingerprint density at radius 2 is 1.75 bits per heavy atom. The number of carbonyl (C=O) groups is 2. The fraction of sp³-hybridized carbons (Fsp3) is 0.217. The van der Waals surface area contributed by atoms with Crippen LogP contribution in [-0.4, -0.2) is 32.8 Å². The molecule has 0 spiro atoms. The number of ether oxygens (including phenoxy) is 4. The molecule has 8 nitrogen and oxygen atoms in total. The Morgan fingerprint density at radius 3 is 2.41 bits per heavy atom. The maximum Gasteiger partial charge on any atom is 0.256 e. The van der Waals surface area contributed by atoms with Crippen LogP contribution < -0.4 is 30.0 Å². The van der Waals surface area contributed by atoms with Crippen molar-refractivity contribution in [3.63, 3.8) is 0 Å². The van der Waals surface area contributed by atoms with Crippen molar-refractivity contribution >= 4 is 28.2 Å². The third-order valence-corrected chi connectivity index (χ3v) is 6.34. The van der Waals surface area contributed by atoms with E-state index in [1.165, 1.54) is 25.6 Å². The second-order valence-electron chi connectivity index (χ2n) is 7.14. The van der Waals surface area contributed by atoms with Crippen molar-refractivity contribution in [1.82, 2.24) is 0 Å². The zero-order chi connectivity index (χ0) is 22.8. The summed E-state index contributed by atoms with van der Waals surface area (Å²) in [5, 5.41) is 3.22. The molecule has 1 aromatic heterocycles. The Balaban J connectivity index is 1.63. The Hall–Kier alpha value is -3.72. The number of methoxy groups -OCH3 is 2. The van der Waals surface area contributed by atoms with Crippen molar-refractivity contribution in [1.29, 1.82) is 0 Å². The number of fused-ring (bicyclic) bond motifs is 1. The fourth-order valence-corrected chi connectivity index (χ4v) is 4.70. The molecule has 2 heterocycles. The largest absolute Gasteiger partial charge is 0.497 e.